The number of carbonyl (C=O) groups excluding carboxylic acids is 2. The highest BCUT2D eigenvalue weighted by atomic mass is 19.1. The topological polar surface area (TPSA) is 64.6 Å². The first-order valence-corrected chi connectivity index (χ1v) is 9.44. The lowest BCUT2D eigenvalue weighted by Crippen LogP contribution is -2.35. The van der Waals surface area contributed by atoms with Crippen LogP contribution in [0.2, 0.25) is 0 Å². The molecule has 2 rings (SSSR count). The van der Waals surface area contributed by atoms with Crippen LogP contribution in [0.15, 0.2) is 54.6 Å². The third kappa shape index (κ3) is 7.78. The van der Waals surface area contributed by atoms with E-state index in [0.29, 0.717) is 31.8 Å². The molecule has 2 aromatic rings. The van der Waals surface area contributed by atoms with Gasteiger partial charge in [0.15, 0.2) is 0 Å². The second-order valence-corrected chi connectivity index (χ2v) is 6.35. The molecule has 0 aliphatic carbocycles. The van der Waals surface area contributed by atoms with Gasteiger partial charge in [-0.3, -0.25) is 9.59 Å². The fraction of sp³-hybridized carbons (Fsp3) is 0.364. The van der Waals surface area contributed by atoms with E-state index in [4.69, 9.17) is 9.47 Å². The molecule has 1 unspecified atom stereocenters. The minimum absolute atomic E-state index is 0.162. The van der Waals surface area contributed by atoms with Crippen molar-refractivity contribution in [3.05, 3.63) is 66.0 Å². The van der Waals surface area contributed by atoms with E-state index in [0.717, 1.165) is 5.56 Å². The van der Waals surface area contributed by atoms with Crippen LogP contribution in [0.25, 0.3) is 0 Å². The predicted molar refractivity (Wildman–Crippen MR) is 104 cm³/mol. The van der Waals surface area contributed by atoms with E-state index >= 15 is 0 Å². The zero-order chi connectivity index (χ0) is 20.2. The third-order valence-electron chi connectivity index (χ3n) is 4.10. The van der Waals surface area contributed by atoms with Crippen molar-refractivity contribution in [3.63, 3.8) is 0 Å². The van der Waals surface area contributed by atoms with Gasteiger partial charge in [0.2, 0.25) is 5.91 Å². The van der Waals surface area contributed by atoms with Gasteiger partial charge in [-0.1, -0.05) is 36.4 Å². The molecule has 28 heavy (non-hydrogen) atoms. The molecule has 150 valence electrons. The Balaban J connectivity index is 1.74. The summed E-state index contributed by atoms with van der Waals surface area (Å²) < 4.78 is 23.6. The largest absolute Gasteiger partial charge is 0.493 e. The Morgan fingerprint density at radius 2 is 1.89 bits per heavy atom. The summed E-state index contributed by atoms with van der Waals surface area (Å²) in [7, 11) is 0. The zero-order valence-corrected chi connectivity index (χ0v) is 16.0. The van der Waals surface area contributed by atoms with E-state index < -0.39 is 5.92 Å². The number of amides is 1. The molecule has 0 bridgehead atoms. The fourth-order valence-electron chi connectivity index (χ4n) is 2.70. The average Bonchev–Trinajstić information content (AvgIpc) is 2.69. The van der Waals surface area contributed by atoms with Gasteiger partial charge in [0.1, 0.15) is 11.6 Å². The summed E-state index contributed by atoms with van der Waals surface area (Å²) in [4.78, 5) is 24.2. The number of ether oxygens (including phenoxy) is 2. The third-order valence-corrected chi connectivity index (χ3v) is 4.10. The molecule has 0 saturated carbocycles. The van der Waals surface area contributed by atoms with Crippen LogP contribution in [0, 0.1) is 11.7 Å². The van der Waals surface area contributed by atoms with E-state index in [1.165, 1.54) is 12.1 Å². The van der Waals surface area contributed by atoms with Gasteiger partial charge in [0.05, 0.1) is 19.1 Å². The predicted octanol–water partition coefficient (Wildman–Crippen LogP) is 3.52. The molecular formula is C22H26FNO4. The summed E-state index contributed by atoms with van der Waals surface area (Å²) in [5.41, 5.74) is 1.01. The molecule has 6 heteroatoms. The second kappa shape index (κ2) is 11.7. The maximum atomic E-state index is 13.1. The maximum Gasteiger partial charge on any atom is 0.311 e. The second-order valence-electron chi connectivity index (χ2n) is 6.35. The summed E-state index contributed by atoms with van der Waals surface area (Å²) in [5.74, 6) is -0.842. The first-order valence-electron chi connectivity index (χ1n) is 9.44. The van der Waals surface area contributed by atoms with Crippen molar-refractivity contribution >= 4 is 11.9 Å². The van der Waals surface area contributed by atoms with Gasteiger partial charge < -0.3 is 14.8 Å². The van der Waals surface area contributed by atoms with Crippen LogP contribution in [0.3, 0.4) is 0 Å². The zero-order valence-electron chi connectivity index (χ0n) is 16.0. The van der Waals surface area contributed by atoms with Gasteiger partial charge in [-0.25, -0.2) is 4.39 Å². The number of hydrogen-bond donors (Lipinski definition) is 1. The molecule has 5 nitrogen and oxygen atoms in total. The molecule has 0 spiro atoms. The van der Waals surface area contributed by atoms with Crippen LogP contribution in [-0.4, -0.2) is 31.6 Å². The van der Waals surface area contributed by atoms with Crippen molar-refractivity contribution in [1.29, 1.82) is 0 Å². The monoisotopic (exact) mass is 387 g/mol. The first-order chi connectivity index (χ1) is 13.6. The molecular weight excluding hydrogens is 361 g/mol. The number of halogens is 1. The van der Waals surface area contributed by atoms with Gasteiger partial charge in [-0.15, -0.1) is 0 Å². The first kappa shape index (κ1) is 21.4. The summed E-state index contributed by atoms with van der Waals surface area (Å²) in [5, 5.41) is 2.79. The van der Waals surface area contributed by atoms with Gasteiger partial charge in [-0.2, -0.15) is 0 Å². The van der Waals surface area contributed by atoms with Crippen LogP contribution < -0.4 is 10.1 Å². The highest BCUT2D eigenvalue weighted by molar-refractivity contribution is 5.78. The van der Waals surface area contributed by atoms with Crippen molar-refractivity contribution in [2.24, 2.45) is 5.92 Å². The standard InChI is InChI=1S/C22H26FNO4/c1-2-27-22(26)18(14-17-8-4-3-5-9-17)16-24-21(25)12-7-13-28-20-11-6-10-19(23)15-20/h3-6,8-11,15,18H,2,7,12-14,16H2,1H3,(H,24,25). The van der Waals surface area contributed by atoms with Crippen molar-refractivity contribution in [1.82, 2.24) is 5.32 Å². The quantitative estimate of drug-likeness (QED) is 0.473. The number of benzene rings is 2. The highest BCUT2D eigenvalue weighted by Gasteiger charge is 2.21. The minimum atomic E-state index is -0.435. The summed E-state index contributed by atoms with van der Waals surface area (Å²) in [6.07, 6.45) is 1.25. The van der Waals surface area contributed by atoms with E-state index in [1.807, 2.05) is 30.3 Å². The Hall–Kier alpha value is -2.89. The lowest BCUT2D eigenvalue weighted by atomic mass is 9.99. The van der Waals surface area contributed by atoms with Gasteiger partial charge in [0, 0.05) is 19.0 Å². The van der Waals surface area contributed by atoms with E-state index in [2.05, 4.69) is 5.32 Å². The van der Waals surface area contributed by atoms with Crippen molar-refractivity contribution in [3.8, 4) is 5.75 Å². The van der Waals surface area contributed by atoms with Gasteiger partial charge in [-0.05, 0) is 37.5 Å². The molecule has 0 fully saturated rings. The molecule has 1 atom stereocenters. The molecule has 2 aromatic carbocycles. The molecule has 0 aliphatic heterocycles. The molecule has 0 aromatic heterocycles. The SMILES string of the molecule is CCOC(=O)C(CNC(=O)CCCOc1cccc(F)c1)Cc1ccccc1. The van der Waals surface area contributed by atoms with Crippen LogP contribution in [0.1, 0.15) is 25.3 Å². The number of esters is 1. The van der Waals surface area contributed by atoms with Crippen molar-refractivity contribution in [2.75, 3.05) is 19.8 Å². The van der Waals surface area contributed by atoms with Crippen LogP contribution >= 0.6 is 0 Å². The Morgan fingerprint density at radius 3 is 2.61 bits per heavy atom. The normalized spacial score (nSPS) is 11.5. The number of hydrogen-bond acceptors (Lipinski definition) is 4. The van der Waals surface area contributed by atoms with E-state index in [-0.39, 0.29) is 30.7 Å². The van der Waals surface area contributed by atoms with E-state index in [1.54, 1.807) is 19.1 Å². The fourth-order valence-corrected chi connectivity index (χ4v) is 2.70. The van der Waals surface area contributed by atoms with Crippen molar-refractivity contribution < 1.29 is 23.5 Å². The summed E-state index contributed by atoms with van der Waals surface area (Å²) in [6, 6.07) is 15.5. The smallest absolute Gasteiger partial charge is 0.311 e. The number of nitrogens with one attached hydrogen (secondary N) is 1. The minimum Gasteiger partial charge on any atom is -0.493 e. The van der Waals surface area contributed by atoms with Crippen LogP contribution in [0.5, 0.6) is 5.75 Å². The van der Waals surface area contributed by atoms with Crippen LogP contribution in [-0.2, 0) is 20.7 Å². The van der Waals surface area contributed by atoms with Gasteiger partial charge >= 0.3 is 5.97 Å². The van der Waals surface area contributed by atoms with Crippen molar-refractivity contribution in [2.45, 2.75) is 26.2 Å². The summed E-state index contributed by atoms with van der Waals surface area (Å²) in [6.45, 7) is 2.59. The maximum absolute atomic E-state index is 13.1. The van der Waals surface area contributed by atoms with Gasteiger partial charge in [0.25, 0.3) is 0 Å². The lowest BCUT2D eigenvalue weighted by molar-refractivity contribution is -0.147. The molecule has 1 N–H and O–H groups in total. The molecule has 0 radical (unpaired) electrons. The van der Waals surface area contributed by atoms with E-state index in [9.17, 15) is 14.0 Å². The Bertz CT molecular complexity index is 751. The average molecular weight is 387 g/mol. The Morgan fingerprint density at radius 1 is 1.11 bits per heavy atom. The Labute approximate surface area is 164 Å². The summed E-state index contributed by atoms with van der Waals surface area (Å²) >= 11 is 0. The Kier molecular flexibility index (Phi) is 8.98. The molecule has 0 saturated heterocycles. The van der Waals surface area contributed by atoms with Crippen LogP contribution in [0.4, 0.5) is 4.39 Å². The molecule has 0 aliphatic rings. The number of carbonyl (C=O) groups is 2. The molecule has 0 heterocycles. The molecule has 1 amide bonds. The highest BCUT2D eigenvalue weighted by Crippen LogP contribution is 2.13. The lowest BCUT2D eigenvalue weighted by Gasteiger charge is -2.16. The number of rotatable bonds is 11.